The highest BCUT2D eigenvalue weighted by Gasteiger charge is 2.19. The van der Waals surface area contributed by atoms with Crippen LogP contribution in [0, 0.1) is 0 Å². The van der Waals surface area contributed by atoms with E-state index in [0.29, 0.717) is 15.8 Å². The molecular weight excluding hydrogens is 328 g/mol. The van der Waals surface area contributed by atoms with Gasteiger partial charge in [-0.3, -0.25) is 0 Å². The summed E-state index contributed by atoms with van der Waals surface area (Å²) in [7, 11) is 0. The van der Waals surface area contributed by atoms with Crippen LogP contribution in [-0.4, -0.2) is 11.1 Å². The molecule has 1 aliphatic rings. The van der Waals surface area contributed by atoms with Gasteiger partial charge in [-0.25, -0.2) is 9.59 Å². The van der Waals surface area contributed by atoms with E-state index in [4.69, 9.17) is 9.15 Å². The van der Waals surface area contributed by atoms with Crippen LogP contribution in [0.3, 0.4) is 0 Å². The number of aryl methyl sites for hydroxylation is 2. The number of hydrogen-bond acceptors (Lipinski definition) is 6. The zero-order valence-electron chi connectivity index (χ0n) is 12.7. The Bertz CT molecular complexity index is 977. The number of esters is 1. The summed E-state index contributed by atoms with van der Waals surface area (Å²) in [5, 5.41) is 10.1. The van der Waals surface area contributed by atoms with E-state index in [1.165, 1.54) is 40.0 Å². The monoisotopic (exact) mass is 342 g/mol. The molecule has 0 saturated heterocycles. The van der Waals surface area contributed by atoms with Crippen molar-refractivity contribution in [2.24, 2.45) is 0 Å². The second kappa shape index (κ2) is 5.79. The van der Waals surface area contributed by atoms with Gasteiger partial charge in [0.1, 0.15) is 22.8 Å². The molecule has 0 bridgehead atoms. The van der Waals surface area contributed by atoms with Crippen molar-refractivity contribution < 1.29 is 19.1 Å². The Balaban J connectivity index is 1.58. The molecule has 0 saturated carbocycles. The second-order valence-corrected chi connectivity index (χ2v) is 6.90. The van der Waals surface area contributed by atoms with Crippen LogP contribution in [0.4, 0.5) is 0 Å². The largest absolute Gasteiger partial charge is 0.508 e. The first kappa shape index (κ1) is 15.0. The Hall–Kier alpha value is -2.60. The molecule has 2 aromatic heterocycles. The number of thiophene rings is 1. The number of hydrogen-bond donors (Lipinski definition) is 1. The van der Waals surface area contributed by atoms with Crippen molar-refractivity contribution >= 4 is 28.3 Å². The number of rotatable bonds is 3. The van der Waals surface area contributed by atoms with E-state index in [-0.39, 0.29) is 23.9 Å². The average Bonchev–Trinajstić information content (AvgIpc) is 3.13. The molecule has 5 nitrogen and oxygen atoms in total. The van der Waals surface area contributed by atoms with Gasteiger partial charge in [-0.15, -0.1) is 11.3 Å². The Kier molecular flexibility index (Phi) is 3.61. The van der Waals surface area contributed by atoms with Gasteiger partial charge in [-0.2, -0.15) is 0 Å². The van der Waals surface area contributed by atoms with Crippen LogP contribution in [0.25, 0.3) is 11.0 Å². The lowest BCUT2D eigenvalue weighted by Crippen LogP contribution is -2.07. The molecule has 3 aromatic rings. The highest BCUT2D eigenvalue weighted by Crippen LogP contribution is 2.31. The summed E-state index contributed by atoms with van der Waals surface area (Å²) in [6.45, 7) is -0.0196. The van der Waals surface area contributed by atoms with Crippen molar-refractivity contribution in [3.63, 3.8) is 0 Å². The summed E-state index contributed by atoms with van der Waals surface area (Å²) < 4.78 is 10.4. The molecule has 0 radical (unpaired) electrons. The molecule has 6 heteroatoms. The summed E-state index contributed by atoms with van der Waals surface area (Å²) in [4.78, 5) is 25.8. The quantitative estimate of drug-likeness (QED) is 0.583. The van der Waals surface area contributed by atoms with Gasteiger partial charge in [-0.1, -0.05) is 0 Å². The molecule has 122 valence electrons. The zero-order chi connectivity index (χ0) is 16.7. The Morgan fingerprint density at radius 3 is 2.96 bits per heavy atom. The number of fused-ring (bicyclic) bond motifs is 2. The number of phenolic OH excluding ortho intramolecular Hbond substituents is 1. The lowest BCUT2D eigenvalue weighted by Gasteiger charge is -2.06. The minimum Gasteiger partial charge on any atom is -0.508 e. The third-order valence-corrected chi connectivity index (χ3v) is 5.34. The predicted octanol–water partition coefficient (Wildman–Crippen LogP) is 3.41. The van der Waals surface area contributed by atoms with E-state index in [2.05, 4.69) is 0 Å². The average molecular weight is 342 g/mol. The maximum Gasteiger partial charge on any atom is 0.348 e. The first-order chi connectivity index (χ1) is 11.6. The van der Waals surface area contributed by atoms with E-state index in [9.17, 15) is 14.7 Å². The molecule has 0 spiro atoms. The molecular formula is C18H14O5S. The van der Waals surface area contributed by atoms with Crippen molar-refractivity contribution in [2.75, 3.05) is 0 Å². The van der Waals surface area contributed by atoms with Crippen molar-refractivity contribution in [1.29, 1.82) is 0 Å². The van der Waals surface area contributed by atoms with E-state index < -0.39 is 5.63 Å². The van der Waals surface area contributed by atoms with Crippen LogP contribution in [0.2, 0.25) is 0 Å². The van der Waals surface area contributed by atoms with Crippen LogP contribution in [0.1, 0.15) is 32.1 Å². The number of carbonyl (C=O) groups excluding carboxylic acids is 1. The van der Waals surface area contributed by atoms with Gasteiger partial charge >= 0.3 is 11.6 Å². The summed E-state index contributed by atoms with van der Waals surface area (Å²) in [6.07, 6.45) is 3.20. The fourth-order valence-corrected chi connectivity index (χ4v) is 4.13. The number of carbonyl (C=O) groups is 1. The number of benzene rings is 1. The molecule has 0 atom stereocenters. The van der Waals surface area contributed by atoms with Crippen molar-refractivity contribution in [3.05, 3.63) is 61.6 Å². The molecule has 0 unspecified atom stereocenters. The molecule has 1 aliphatic carbocycles. The Morgan fingerprint density at radius 1 is 1.25 bits per heavy atom. The van der Waals surface area contributed by atoms with Crippen molar-refractivity contribution in [2.45, 2.75) is 25.9 Å². The lowest BCUT2D eigenvalue weighted by atomic mass is 10.1. The second-order valence-electron chi connectivity index (χ2n) is 5.76. The fourth-order valence-electron chi connectivity index (χ4n) is 2.98. The molecule has 1 N–H and O–H groups in total. The molecule has 0 aliphatic heterocycles. The topological polar surface area (TPSA) is 76.7 Å². The molecule has 24 heavy (non-hydrogen) atoms. The third kappa shape index (κ3) is 2.69. The van der Waals surface area contributed by atoms with Gasteiger partial charge in [0, 0.05) is 28.0 Å². The van der Waals surface area contributed by atoms with Crippen molar-refractivity contribution in [1.82, 2.24) is 0 Å². The normalized spacial score (nSPS) is 13.2. The summed E-state index contributed by atoms with van der Waals surface area (Å²) >= 11 is 1.49. The first-order valence-corrected chi connectivity index (χ1v) is 8.46. The molecule has 4 rings (SSSR count). The fraction of sp³-hybridized carbons (Fsp3) is 0.222. The number of phenols is 1. The van der Waals surface area contributed by atoms with Gasteiger partial charge in [0.2, 0.25) is 0 Å². The number of ether oxygens (including phenoxy) is 1. The van der Waals surface area contributed by atoms with E-state index in [1.54, 1.807) is 6.07 Å². The zero-order valence-corrected chi connectivity index (χ0v) is 13.5. The van der Waals surface area contributed by atoms with E-state index in [0.717, 1.165) is 19.3 Å². The van der Waals surface area contributed by atoms with Gasteiger partial charge in [0.15, 0.2) is 0 Å². The standard InChI is InChI=1S/C18H14O5S/c19-12-4-5-13-11(7-17(20)23-14(13)8-12)9-22-18(21)16-6-10-2-1-3-15(10)24-16/h4-8,19H,1-3,9H2. The van der Waals surface area contributed by atoms with Crippen LogP contribution >= 0.6 is 11.3 Å². The van der Waals surface area contributed by atoms with Gasteiger partial charge < -0.3 is 14.3 Å². The first-order valence-electron chi connectivity index (χ1n) is 7.64. The molecule has 1 aromatic carbocycles. The van der Waals surface area contributed by atoms with Gasteiger partial charge in [-0.05, 0) is 43.0 Å². The molecule has 2 heterocycles. The van der Waals surface area contributed by atoms with Gasteiger partial charge in [0.25, 0.3) is 0 Å². The highest BCUT2D eigenvalue weighted by molar-refractivity contribution is 7.14. The van der Waals surface area contributed by atoms with Crippen LogP contribution in [-0.2, 0) is 24.2 Å². The highest BCUT2D eigenvalue weighted by atomic mass is 32.1. The third-order valence-electron chi connectivity index (χ3n) is 4.12. The lowest BCUT2D eigenvalue weighted by molar-refractivity contribution is 0.0479. The minimum atomic E-state index is -0.547. The van der Waals surface area contributed by atoms with E-state index >= 15 is 0 Å². The maximum absolute atomic E-state index is 12.2. The van der Waals surface area contributed by atoms with E-state index in [1.807, 2.05) is 6.07 Å². The summed E-state index contributed by atoms with van der Waals surface area (Å²) in [5.74, 6) is -0.373. The SMILES string of the molecule is O=C(OCc1cc(=O)oc2cc(O)ccc12)c1cc2c(s1)CCC2. The smallest absolute Gasteiger partial charge is 0.348 e. The summed E-state index contributed by atoms with van der Waals surface area (Å²) in [5.41, 5.74) is 1.52. The number of aromatic hydroxyl groups is 1. The molecule has 0 amide bonds. The predicted molar refractivity (Wildman–Crippen MR) is 89.6 cm³/mol. The molecule has 0 fully saturated rings. The Labute approximate surface area is 141 Å². The summed E-state index contributed by atoms with van der Waals surface area (Å²) in [6, 6.07) is 7.71. The Morgan fingerprint density at radius 2 is 2.12 bits per heavy atom. The van der Waals surface area contributed by atoms with Gasteiger partial charge in [0.05, 0.1) is 0 Å². The minimum absolute atomic E-state index is 0.00731. The van der Waals surface area contributed by atoms with Crippen LogP contribution in [0.15, 0.2) is 39.5 Å². The maximum atomic E-state index is 12.2. The van der Waals surface area contributed by atoms with Crippen molar-refractivity contribution in [3.8, 4) is 5.75 Å². The van der Waals surface area contributed by atoms with Crippen LogP contribution in [0.5, 0.6) is 5.75 Å². The van der Waals surface area contributed by atoms with Crippen LogP contribution < -0.4 is 5.63 Å².